The first-order valence-corrected chi connectivity index (χ1v) is 46.9. The fourth-order valence-corrected chi connectivity index (χ4v) is 18.9. The maximum atomic E-state index is 9.44. The number of nitrogens with zero attached hydrogens (tertiary/aromatic N) is 12. The van der Waals surface area contributed by atoms with Gasteiger partial charge in [-0.15, -0.1) is 0 Å². The highest BCUT2D eigenvalue weighted by molar-refractivity contribution is 5.35. The quantitative estimate of drug-likeness (QED) is 0.0514. The molecule has 0 radical (unpaired) electrons. The van der Waals surface area contributed by atoms with Gasteiger partial charge in [-0.05, 0) is 222 Å². The summed E-state index contributed by atoms with van der Waals surface area (Å²) >= 11 is 0. The third-order valence-electron chi connectivity index (χ3n) is 26.6. The van der Waals surface area contributed by atoms with Crippen LogP contribution >= 0.6 is 0 Å². The van der Waals surface area contributed by atoms with E-state index in [9.17, 15) is 15.3 Å². The molecule has 0 saturated carbocycles. The van der Waals surface area contributed by atoms with Crippen LogP contribution in [0.4, 0.5) is 0 Å². The molecule has 2 unspecified atom stereocenters. The molecule has 12 aliphatic heterocycles. The molecule has 18 rings (SSSR count). The Balaban J connectivity index is 0.000000124. The fourth-order valence-electron chi connectivity index (χ4n) is 18.9. The van der Waals surface area contributed by atoms with E-state index in [2.05, 4.69) is 185 Å². The number of hydrogen-bond acceptors (Lipinski definition) is 21. The molecule has 3 N–H and O–H groups in total. The summed E-state index contributed by atoms with van der Waals surface area (Å²) in [6, 6.07) is 26.8. The number of β-amino-alcohol motifs (C(OH)–C–C–N with tert-alkyl or cyclic N) is 3. The second-order valence-corrected chi connectivity index (χ2v) is 38.4. The lowest BCUT2D eigenvalue weighted by Crippen LogP contribution is -2.50. The van der Waals surface area contributed by atoms with Crippen LogP contribution in [-0.4, -0.2) is 251 Å². The lowest BCUT2D eigenvalue weighted by Gasteiger charge is -2.36. The van der Waals surface area contributed by atoms with Crippen LogP contribution in [-0.2, 0) is 67.7 Å². The van der Waals surface area contributed by atoms with Gasteiger partial charge in [-0.25, -0.2) is 0 Å². The Hall–Kier alpha value is -5.70. The van der Waals surface area contributed by atoms with Gasteiger partial charge >= 0.3 is 0 Å². The molecular formula is C99H150N12O9. The number of aliphatic hydroxyl groups excluding tert-OH is 3. The molecule has 0 bridgehead atoms. The Kier molecular flexibility index (Phi) is 34.8. The minimum Gasteiger partial charge on any atom is -0.390 e. The number of ether oxygens (including phenoxy) is 6. The van der Waals surface area contributed by atoms with Gasteiger partial charge < -0.3 is 43.7 Å². The maximum Gasteiger partial charge on any atom is 0.0794 e. The maximum absolute atomic E-state index is 9.44. The number of hydrogen-bond donors (Lipinski definition) is 3. The van der Waals surface area contributed by atoms with Crippen molar-refractivity contribution in [2.45, 2.75) is 289 Å². The summed E-state index contributed by atoms with van der Waals surface area (Å²) in [7, 11) is 0. The van der Waals surface area contributed by atoms with Crippen LogP contribution in [0.5, 0.6) is 0 Å². The molecule has 0 aliphatic carbocycles. The lowest BCUT2D eigenvalue weighted by molar-refractivity contribution is -0.00400. The molecule has 6 atom stereocenters. The average Bonchev–Trinajstić information content (AvgIpc) is 1.57. The van der Waals surface area contributed by atoms with Crippen molar-refractivity contribution < 1.29 is 43.7 Å². The zero-order valence-electron chi connectivity index (χ0n) is 75.4. The summed E-state index contributed by atoms with van der Waals surface area (Å²) < 4.78 is 33.3. The number of pyridine rings is 6. The summed E-state index contributed by atoms with van der Waals surface area (Å²) in [4.78, 5) is 44.0. The van der Waals surface area contributed by atoms with E-state index < -0.39 is 0 Å². The zero-order valence-corrected chi connectivity index (χ0v) is 75.4. The average molecular weight is 1650 g/mol. The van der Waals surface area contributed by atoms with E-state index in [0.717, 1.165) is 213 Å². The standard InChI is InChI=1S/3C17H26N2O.3C16H24N2O2/c3*1-13(2)16-6-5-15(14-7-10-20-12-14)17(18-16)11-19-8-3-4-9-19;3*1-11(2)15-4-3-14(12-5-6-20-10-12)16(17-15)9-18-7-13(19)8-18/h3*5-6,13-14H,3-4,7-12H2,1-2H3;3*3-4,11-13,19H,5-10H2,1-2H3/t2*14-;;2*12-;/m10.10./s1. The molecular weight excluding hydrogens is 1500 g/mol. The third kappa shape index (κ3) is 26.0. The fraction of sp³-hybridized carbons (Fsp3) is 0.697. The molecule has 0 spiro atoms. The third-order valence-corrected chi connectivity index (χ3v) is 26.6. The largest absolute Gasteiger partial charge is 0.390 e. The van der Waals surface area contributed by atoms with Crippen LogP contribution in [0.15, 0.2) is 72.8 Å². The molecule has 6 aromatic heterocycles. The van der Waals surface area contributed by atoms with Crippen molar-refractivity contribution in [3.8, 4) is 0 Å². The molecule has 12 fully saturated rings. The molecule has 120 heavy (non-hydrogen) atoms. The lowest BCUT2D eigenvalue weighted by atomic mass is 9.94. The molecule has 660 valence electrons. The smallest absolute Gasteiger partial charge is 0.0794 e. The van der Waals surface area contributed by atoms with Crippen LogP contribution in [0, 0.1) is 0 Å². The van der Waals surface area contributed by atoms with Crippen molar-refractivity contribution in [2.24, 2.45) is 0 Å². The number of aliphatic hydroxyl groups is 3. The van der Waals surface area contributed by atoms with E-state index in [0.29, 0.717) is 71.0 Å². The highest BCUT2D eigenvalue weighted by Gasteiger charge is 2.34. The van der Waals surface area contributed by atoms with Gasteiger partial charge in [0, 0.05) is 188 Å². The normalized spacial score (nSPS) is 24.1. The van der Waals surface area contributed by atoms with Crippen molar-refractivity contribution in [3.05, 3.63) is 175 Å². The predicted octanol–water partition coefficient (Wildman–Crippen LogP) is 15.6. The van der Waals surface area contributed by atoms with Gasteiger partial charge in [0.1, 0.15) is 0 Å². The minimum absolute atomic E-state index is 0.151. The highest BCUT2D eigenvalue weighted by Crippen LogP contribution is 2.38. The number of likely N-dealkylation sites (tertiary alicyclic amines) is 6. The Morgan fingerprint density at radius 2 is 0.408 bits per heavy atom. The Labute approximate surface area is 720 Å². The summed E-state index contributed by atoms with van der Waals surface area (Å²) in [6.45, 7) is 54.4. The van der Waals surface area contributed by atoms with Crippen LogP contribution in [0.25, 0.3) is 0 Å². The SMILES string of the molecule is CC(C)c1ccc(C2CCOC2)c(CN2CC(O)C2)n1.CC(C)c1ccc(C2CCOC2)c(CN2CCCC2)n1.CC(C)c1ccc([C@@H]2CCOC2)c(CN2CC(O)C2)n1.CC(C)c1ccc([C@@H]2CCOC2)c(CN2CCCC2)n1.CC(C)c1ccc([C@H]2CCOC2)c(CN2CC(O)C2)n1.CC(C)c1ccc([C@H]2CCOC2)c(CN2CCCC2)n1. The van der Waals surface area contributed by atoms with Crippen molar-refractivity contribution in [2.75, 3.05) is 158 Å². The molecule has 0 aromatic carbocycles. The zero-order chi connectivity index (χ0) is 84.2. The van der Waals surface area contributed by atoms with Gasteiger partial charge in [0.25, 0.3) is 0 Å². The van der Waals surface area contributed by atoms with Crippen molar-refractivity contribution in [3.63, 3.8) is 0 Å². The van der Waals surface area contributed by atoms with Crippen LogP contribution < -0.4 is 0 Å². The summed E-state index contributed by atoms with van der Waals surface area (Å²) in [5, 5.41) is 28.3. The molecule has 21 heteroatoms. The van der Waals surface area contributed by atoms with E-state index in [1.54, 1.807) is 0 Å². The summed E-state index contributed by atoms with van der Waals surface area (Å²) in [6.07, 6.45) is 14.3. The molecule has 18 heterocycles. The molecule has 0 amide bonds. The highest BCUT2D eigenvalue weighted by atomic mass is 16.5. The first kappa shape index (κ1) is 92.0. The molecule has 6 aromatic rings. The van der Waals surface area contributed by atoms with Crippen molar-refractivity contribution in [1.29, 1.82) is 0 Å². The van der Waals surface area contributed by atoms with Gasteiger partial charge in [-0.3, -0.25) is 59.3 Å². The predicted molar refractivity (Wildman–Crippen MR) is 476 cm³/mol. The van der Waals surface area contributed by atoms with Crippen LogP contribution in [0.1, 0.15) is 333 Å². The van der Waals surface area contributed by atoms with Gasteiger partial charge in [-0.1, -0.05) is 119 Å². The second kappa shape index (κ2) is 45.5. The van der Waals surface area contributed by atoms with Gasteiger partial charge in [0.05, 0.1) is 92.1 Å². The first-order chi connectivity index (χ1) is 58.1. The van der Waals surface area contributed by atoms with Crippen LogP contribution in [0.3, 0.4) is 0 Å². The number of aromatic nitrogens is 6. The van der Waals surface area contributed by atoms with Crippen molar-refractivity contribution >= 4 is 0 Å². The topological polar surface area (TPSA) is 213 Å². The van der Waals surface area contributed by atoms with Crippen molar-refractivity contribution in [1.82, 2.24) is 59.3 Å². The van der Waals surface area contributed by atoms with E-state index in [1.165, 1.54) is 162 Å². The minimum atomic E-state index is -0.151. The monoisotopic (exact) mass is 1650 g/mol. The van der Waals surface area contributed by atoms with E-state index in [1.807, 2.05) is 0 Å². The van der Waals surface area contributed by atoms with E-state index in [-0.39, 0.29) is 18.3 Å². The molecule has 21 nitrogen and oxygen atoms in total. The Morgan fingerprint density at radius 1 is 0.250 bits per heavy atom. The number of rotatable bonds is 24. The second-order valence-electron chi connectivity index (χ2n) is 38.4. The van der Waals surface area contributed by atoms with Gasteiger partial charge in [0.15, 0.2) is 0 Å². The first-order valence-electron chi connectivity index (χ1n) is 46.9. The molecule has 12 aliphatic rings. The summed E-state index contributed by atoms with van der Waals surface area (Å²) in [5.74, 6) is 5.99. The Morgan fingerprint density at radius 3 is 0.542 bits per heavy atom. The van der Waals surface area contributed by atoms with Gasteiger partial charge in [-0.2, -0.15) is 0 Å². The molecule has 12 saturated heterocycles. The summed E-state index contributed by atoms with van der Waals surface area (Å²) in [5.41, 5.74) is 22.9. The van der Waals surface area contributed by atoms with Gasteiger partial charge in [0.2, 0.25) is 0 Å². The van der Waals surface area contributed by atoms with E-state index in [4.69, 9.17) is 58.3 Å². The van der Waals surface area contributed by atoms with Crippen LogP contribution in [0.2, 0.25) is 0 Å². The van der Waals surface area contributed by atoms with E-state index >= 15 is 0 Å². The Bertz CT molecular complexity index is 3660.